The lowest BCUT2D eigenvalue weighted by Gasteiger charge is -2.40. The molecule has 1 aliphatic heterocycles. The first-order valence-electron chi connectivity index (χ1n) is 6.98. The van der Waals surface area contributed by atoms with Crippen LogP contribution in [0.1, 0.15) is 53.4 Å². The second-order valence-corrected chi connectivity index (χ2v) is 6.41. The summed E-state index contributed by atoms with van der Waals surface area (Å²) < 4.78 is 10.9. The third-order valence-electron chi connectivity index (χ3n) is 3.31. The van der Waals surface area contributed by atoms with Crippen LogP contribution in [0.5, 0.6) is 0 Å². The van der Waals surface area contributed by atoms with E-state index in [0.717, 1.165) is 19.3 Å². The fourth-order valence-corrected chi connectivity index (χ4v) is 2.27. The van der Waals surface area contributed by atoms with E-state index in [2.05, 4.69) is 5.32 Å². The summed E-state index contributed by atoms with van der Waals surface area (Å²) in [6, 6.07) is -0.602. The van der Waals surface area contributed by atoms with Crippen molar-refractivity contribution in [2.75, 3.05) is 6.61 Å². The summed E-state index contributed by atoms with van der Waals surface area (Å²) in [5.74, 6) is -0.971. The smallest absolute Gasteiger partial charge is 0.407 e. The van der Waals surface area contributed by atoms with E-state index in [0.29, 0.717) is 6.61 Å². The zero-order valence-corrected chi connectivity index (χ0v) is 12.7. The second-order valence-electron chi connectivity index (χ2n) is 6.41. The van der Waals surface area contributed by atoms with Gasteiger partial charge in [0.1, 0.15) is 5.60 Å². The van der Waals surface area contributed by atoms with Crippen molar-refractivity contribution in [1.82, 2.24) is 5.32 Å². The summed E-state index contributed by atoms with van der Waals surface area (Å²) in [7, 11) is 0. The van der Waals surface area contributed by atoms with Crippen molar-refractivity contribution in [2.45, 2.75) is 70.6 Å². The molecule has 2 unspecified atom stereocenters. The Kier molecular flexibility index (Phi) is 5.39. The number of rotatable bonds is 4. The van der Waals surface area contributed by atoms with Gasteiger partial charge in [0.05, 0.1) is 18.1 Å². The number of carbonyl (C=O) groups excluding carboxylic acids is 1. The van der Waals surface area contributed by atoms with E-state index >= 15 is 0 Å². The molecule has 0 spiro atoms. The number of nitrogens with one attached hydrogen (secondary N) is 1. The number of amides is 1. The van der Waals surface area contributed by atoms with Gasteiger partial charge in [0.15, 0.2) is 0 Å². The predicted octanol–water partition coefficient (Wildman–Crippen LogP) is 2.31. The van der Waals surface area contributed by atoms with Gasteiger partial charge in [-0.2, -0.15) is 0 Å². The summed E-state index contributed by atoms with van der Waals surface area (Å²) in [6.45, 7) is 7.71. The highest BCUT2D eigenvalue weighted by molar-refractivity contribution is 5.72. The number of carbonyl (C=O) groups is 2. The molecule has 2 atom stereocenters. The molecule has 0 aromatic heterocycles. The predicted molar refractivity (Wildman–Crippen MR) is 73.6 cm³/mol. The van der Waals surface area contributed by atoms with Crippen LogP contribution in [-0.4, -0.2) is 41.0 Å². The highest BCUT2D eigenvalue weighted by Crippen LogP contribution is 2.29. The molecule has 0 aromatic carbocycles. The molecule has 1 aliphatic rings. The van der Waals surface area contributed by atoms with E-state index in [1.165, 1.54) is 0 Å². The maximum atomic E-state index is 11.9. The van der Waals surface area contributed by atoms with Crippen molar-refractivity contribution < 1.29 is 24.2 Å². The molecule has 2 N–H and O–H groups in total. The zero-order chi connectivity index (χ0) is 15.4. The largest absolute Gasteiger partial charge is 0.481 e. The average molecular weight is 287 g/mol. The van der Waals surface area contributed by atoms with Gasteiger partial charge in [0.25, 0.3) is 0 Å². The summed E-state index contributed by atoms with van der Waals surface area (Å²) in [4.78, 5) is 22.9. The molecule has 1 heterocycles. The van der Waals surface area contributed by atoms with Crippen LogP contribution in [0.2, 0.25) is 0 Å². The molecule has 0 saturated carbocycles. The van der Waals surface area contributed by atoms with Gasteiger partial charge in [0, 0.05) is 6.61 Å². The summed E-state index contributed by atoms with van der Waals surface area (Å²) >= 11 is 0. The van der Waals surface area contributed by atoms with Crippen molar-refractivity contribution in [3.63, 3.8) is 0 Å². The van der Waals surface area contributed by atoms with E-state index in [4.69, 9.17) is 14.6 Å². The van der Waals surface area contributed by atoms with Gasteiger partial charge < -0.3 is 19.9 Å². The van der Waals surface area contributed by atoms with Crippen molar-refractivity contribution >= 4 is 12.1 Å². The molecule has 116 valence electrons. The normalized spacial score (nSPS) is 24.8. The average Bonchev–Trinajstić information content (AvgIpc) is 2.25. The lowest BCUT2D eigenvalue weighted by Crippen LogP contribution is -2.55. The van der Waals surface area contributed by atoms with E-state index in [9.17, 15) is 9.59 Å². The van der Waals surface area contributed by atoms with Crippen molar-refractivity contribution in [3.8, 4) is 0 Å². The molecule has 6 nitrogen and oxygen atoms in total. The molecule has 1 amide bonds. The molecule has 1 rings (SSSR count). The monoisotopic (exact) mass is 287 g/mol. The van der Waals surface area contributed by atoms with Crippen LogP contribution in [0.25, 0.3) is 0 Å². The third-order valence-corrected chi connectivity index (χ3v) is 3.31. The van der Waals surface area contributed by atoms with Gasteiger partial charge >= 0.3 is 12.1 Å². The molecule has 1 saturated heterocycles. The van der Waals surface area contributed by atoms with Crippen LogP contribution < -0.4 is 5.32 Å². The number of hydrogen-bond donors (Lipinski definition) is 2. The van der Waals surface area contributed by atoms with Crippen LogP contribution in [0.3, 0.4) is 0 Å². The summed E-state index contributed by atoms with van der Waals surface area (Å²) in [6.07, 6.45) is 1.85. The van der Waals surface area contributed by atoms with Crippen LogP contribution in [-0.2, 0) is 14.3 Å². The fourth-order valence-electron chi connectivity index (χ4n) is 2.27. The zero-order valence-electron chi connectivity index (χ0n) is 12.7. The molecule has 0 radical (unpaired) electrons. The van der Waals surface area contributed by atoms with Crippen molar-refractivity contribution in [2.24, 2.45) is 0 Å². The number of ether oxygens (including phenoxy) is 2. The number of carboxylic acid groups (broad SMARTS) is 1. The Morgan fingerprint density at radius 2 is 2.05 bits per heavy atom. The minimum absolute atomic E-state index is 0.185. The fraction of sp³-hybridized carbons (Fsp3) is 0.857. The molecule has 0 aliphatic carbocycles. The first-order chi connectivity index (χ1) is 9.12. The van der Waals surface area contributed by atoms with Gasteiger partial charge in [0.2, 0.25) is 0 Å². The highest BCUT2D eigenvalue weighted by Gasteiger charge is 2.39. The Morgan fingerprint density at radius 1 is 1.40 bits per heavy atom. The quantitative estimate of drug-likeness (QED) is 0.828. The van der Waals surface area contributed by atoms with Gasteiger partial charge in [-0.15, -0.1) is 0 Å². The molecule has 6 heteroatoms. The first-order valence-corrected chi connectivity index (χ1v) is 6.98. The third kappa shape index (κ3) is 5.36. The van der Waals surface area contributed by atoms with E-state index in [-0.39, 0.29) is 6.42 Å². The Morgan fingerprint density at radius 3 is 2.50 bits per heavy atom. The molecular formula is C14H25NO5. The van der Waals surface area contributed by atoms with E-state index in [1.807, 2.05) is 6.92 Å². The van der Waals surface area contributed by atoms with Crippen LogP contribution in [0, 0.1) is 0 Å². The topological polar surface area (TPSA) is 84.9 Å². The van der Waals surface area contributed by atoms with Crippen LogP contribution in [0.4, 0.5) is 4.79 Å². The van der Waals surface area contributed by atoms with Crippen LogP contribution in [0.15, 0.2) is 0 Å². The Labute approximate surface area is 119 Å². The number of hydrogen-bond acceptors (Lipinski definition) is 4. The van der Waals surface area contributed by atoms with Gasteiger partial charge in [-0.05, 0) is 47.0 Å². The Bertz CT molecular complexity index is 355. The molecule has 1 fully saturated rings. The van der Waals surface area contributed by atoms with Crippen LogP contribution >= 0.6 is 0 Å². The molecule has 0 aromatic rings. The summed E-state index contributed by atoms with van der Waals surface area (Å²) in [5, 5.41) is 11.7. The summed E-state index contributed by atoms with van der Waals surface area (Å²) in [5.41, 5.74) is -1.28. The Hall–Kier alpha value is -1.30. The Balaban J connectivity index is 2.73. The number of alkyl carbamates (subject to hydrolysis) is 1. The van der Waals surface area contributed by atoms with E-state index < -0.39 is 29.3 Å². The van der Waals surface area contributed by atoms with E-state index in [1.54, 1.807) is 20.8 Å². The van der Waals surface area contributed by atoms with Gasteiger partial charge in [-0.1, -0.05) is 0 Å². The molecule has 0 bridgehead atoms. The minimum Gasteiger partial charge on any atom is -0.481 e. The first kappa shape index (κ1) is 16.8. The number of carboxylic acids is 1. The van der Waals surface area contributed by atoms with Gasteiger partial charge in [-0.3, -0.25) is 4.79 Å². The maximum Gasteiger partial charge on any atom is 0.407 e. The lowest BCUT2D eigenvalue weighted by atomic mass is 9.86. The van der Waals surface area contributed by atoms with Crippen molar-refractivity contribution in [1.29, 1.82) is 0 Å². The highest BCUT2D eigenvalue weighted by atomic mass is 16.6. The van der Waals surface area contributed by atoms with Crippen molar-refractivity contribution in [3.05, 3.63) is 0 Å². The SMILES string of the molecule is CC(C)(C)OC(=O)NC(CC(=O)O)C1(C)CCCCO1. The van der Waals surface area contributed by atoms with Gasteiger partial charge in [-0.25, -0.2) is 4.79 Å². The number of aliphatic carboxylic acids is 1. The minimum atomic E-state index is -0.971. The molecular weight excluding hydrogens is 262 g/mol. The standard InChI is InChI=1S/C14H25NO5/c1-13(2,3)20-12(18)15-10(9-11(16)17)14(4)7-5-6-8-19-14/h10H,5-9H2,1-4H3,(H,15,18)(H,16,17). The molecule has 20 heavy (non-hydrogen) atoms. The second kappa shape index (κ2) is 6.43. The maximum absolute atomic E-state index is 11.9. The lowest BCUT2D eigenvalue weighted by molar-refractivity contribution is -0.142.